The molecule has 0 radical (unpaired) electrons. The van der Waals surface area contributed by atoms with Crippen molar-refractivity contribution in [1.82, 2.24) is 9.80 Å². The van der Waals surface area contributed by atoms with Crippen LogP contribution in [0.3, 0.4) is 0 Å². The Bertz CT molecular complexity index is 794. The molecule has 1 aromatic carbocycles. The number of carboxylic acid groups (broad SMARTS) is 1. The van der Waals surface area contributed by atoms with Crippen molar-refractivity contribution in [3.8, 4) is 0 Å². The van der Waals surface area contributed by atoms with E-state index in [0.29, 0.717) is 5.92 Å². The maximum atomic E-state index is 11.9. The number of carbonyl (C=O) groups excluding carboxylic acids is 1. The van der Waals surface area contributed by atoms with E-state index >= 15 is 0 Å². The smallest absolute Gasteiger partial charge is 0.475 e. The Balaban J connectivity index is 0.000000396. The fourth-order valence-corrected chi connectivity index (χ4v) is 3.74. The number of allylic oxidation sites excluding steroid dienone is 2. The van der Waals surface area contributed by atoms with Crippen molar-refractivity contribution < 1.29 is 27.9 Å². The van der Waals surface area contributed by atoms with Gasteiger partial charge >= 0.3 is 18.2 Å². The summed E-state index contributed by atoms with van der Waals surface area (Å²) in [7, 11) is 3.74. The summed E-state index contributed by atoms with van der Waals surface area (Å²) in [4.78, 5) is 24.4. The first-order valence-corrected chi connectivity index (χ1v) is 9.86. The maximum Gasteiger partial charge on any atom is 0.490 e. The number of nitrogen functional groups attached to an aromatic ring is 1. The van der Waals surface area contributed by atoms with E-state index in [-0.39, 0.29) is 6.03 Å². The molecule has 0 spiro atoms. The van der Waals surface area contributed by atoms with Crippen LogP contribution < -0.4 is 5.73 Å². The van der Waals surface area contributed by atoms with Gasteiger partial charge in [0.1, 0.15) is 0 Å². The van der Waals surface area contributed by atoms with Crippen LogP contribution in [0, 0.1) is 0 Å². The van der Waals surface area contributed by atoms with Gasteiger partial charge in [0.25, 0.3) is 0 Å². The number of nitrogens with zero attached hydrogens (tertiary/aromatic N) is 2. The second-order valence-corrected chi connectivity index (χ2v) is 7.72. The van der Waals surface area contributed by atoms with Gasteiger partial charge in [0.2, 0.25) is 0 Å². The molecular weight excluding hydrogens is 399 g/mol. The molecule has 6 nitrogen and oxygen atoms in total. The topological polar surface area (TPSA) is 86.9 Å². The number of halogens is 3. The van der Waals surface area contributed by atoms with Crippen molar-refractivity contribution in [2.24, 2.45) is 0 Å². The van der Waals surface area contributed by atoms with Crippen molar-refractivity contribution in [1.29, 1.82) is 0 Å². The highest BCUT2D eigenvalue weighted by atomic mass is 19.4. The van der Waals surface area contributed by atoms with Gasteiger partial charge in [0, 0.05) is 44.4 Å². The number of hydrogen-bond donors (Lipinski definition) is 2. The van der Waals surface area contributed by atoms with Crippen LogP contribution in [-0.2, 0) is 4.79 Å². The maximum absolute atomic E-state index is 11.9. The van der Waals surface area contributed by atoms with E-state index < -0.39 is 12.1 Å². The number of hydrogen-bond acceptors (Lipinski definition) is 3. The Morgan fingerprint density at radius 2 is 1.73 bits per heavy atom. The number of urea groups is 1. The van der Waals surface area contributed by atoms with E-state index in [1.165, 1.54) is 36.0 Å². The first-order chi connectivity index (χ1) is 14.0. The van der Waals surface area contributed by atoms with E-state index in [1.807, 2.05) is 20.2 Å². The lowest BCUT2D eigenvalue weighted by atomic mass is 9.91. The van der Waals surface area contributed by atoms with Gasteiger partial charge in [-0.2, -0.15) is 13.2 Å². The number of alkyl halides is 3. The van der Waals surface area contributed by atoms with Crippen molar-refractivity contribution in [3.63, 3.8) is 0 Å². The number of amides is 2. The second kappa shape index (κ2) is 9.86. The van der Waals surface area contributed by atoms with Gasteiger partial charge in [-0.25, -0.2) is 9.59 Å². The Kier molecular flexibility index (Phi) is 7.75. The summed E-state index contributed by atoms with van der Waals surface area (Å²) in [6.45, 7) is 1.54. The molecule has 1 heterocycles. The number of nitrogens with two attached hydrogens (primary N) is 1. The molecule has 2 amide bonds. The zero-order valence-electron chi connectivity index (χ0n) is 17.2. The Morgan fingerprint density at radius 3 is 2.30 bits per heavy atom. The molecule has 0 unspecified atom stereocenters. The molecule has 0 atom stereocenters. The Morgan fingerprint density at radius 1 is 1.13 bits per heavy atom. The highest BCUT2D eigenvalue weighted by Gasteiger charge is 2.38. The van der Waals surface area contributed by atoms with Crippen LogP contribution in [-0.4, -0.2) is 60.3 Å². The van der Waals surface area contributed by atoms with E-state index in [4.69, 9.17) is 15.6 Å². The van der Waals surface area contributed by atoms with Gasteiger partial charge in [-0.3, -0.25) is 0 Å². The zero-order chi connectivity index (χ0) is 22.5. The molecule has 2 aliphatic rings. The third kappa shape index (κ3) is 6.14. The van der Waals surface area contributed by atoms with Crippen LogP contribution in [0.4, 0.5) is 23.7 Å². The largest absolute Gasteiger partial charge is 0.490 e. The third-order valence-corrected chi connectivity index (χ3v) is 5.32. The fourth-order valence-electron chi connectivity index (χ4n) is 3.74. The first kappa shape index (κ1) is 23.6. The molecule has 3 N–H and O–H groups in total. The second-order valence-electron chi connectivity index (χ2n) is 7.72. The van der Waals surface area contributed by atoms with Crippen LogP contribution in [0.5, 0.6) is 0 Å². The predicted molar refractivity (Wildman–Crippen MR) is 109 cm³/mol. The zero-order valence-corrected chi connectivity index (χ0v) is 17.2. The molecular formula is C21H28F3N3O3. The number of anilines is 1. The molecule has 9 heteroatoms. The minimum Gasteiger partial charge on any atom is -0.475 e. The molecule has 1 fully saturated rings. The van der Waals surface area contributed by atoms with Crippen LogP contribution in [0.15, 0.2) is 24.3 Å². The van der Waals surface area contributed by atoms with E-state index in [9.17, 15) is 18.0 Å². The average Bonchev–Trinajstić information content (AvgIpc) is 2.95. The first-order valence-electron chi connectivity index (χ1n) is 9.86. The van der Waals surface area contributed by atoms with Crippen LogP contribution in [0.2, 0.25) is 0 Å². The summed E-state index contributed by atoms with van der Waals surface area (Å²) in [5, 5.41) is 7.12. The monoisotopic (exact) mass is 427 g/mol. The molecule has 1 saturated heterocycles. The summed E-state index contributed by atoms with van der Waals surface area (Å²) in [6.07, 6.45) is 3.40. The lowest BCUT2D eigenvalue weighted by molar-refractivity contribution is -0.192. The van der Waals surface area contributed by atoms with Crippen molar-refractivity contribution in [2.75, 3.05) is 32.9 Å². The number of carbonyl (C=O) groups is 2. The summed E-state index contributed by atoms with van der Waals surface area (Å²) in [5.41, 5.74) is 11.0. The lowest BCUT2D eigenvalue weighted by Crippen LogP contribution is -2.48. The molecule has 0 aromatic heterocycles. The summed E-state index contributed by atoms with van der Waals surface area (Å²) in [5.74, 6) is -2.42. The number of benzene rings is 1. The minimum absolute atomic E-state index is 0.100. The number of likely N-dealkylation sites (N-methyl/N-ethyl adjacent to an activating group) is 2. The Labute approximate surface area is 174 Å². The van der Waals surface area contributed by atoms with Crippen LogP contribution in [0.25, 0.3) is 5.57 Å². The van der Waals surface area contributed by atoms with Crippen molar-refractivity contribution >= 4 is 23.3 Å². The van der Waals surface area contributed by atoms with E-state index in [2.05, 4.69) is 18.2 Å². The highest BCUT2D eigenvalue weighted by molar-refractivity contribution is 5.77. The molecule has 0 bridgehead atoms. The van der Waals surface area contributed by atoms with Crippen LogP contribution in [0.1, 0.15) is 49.1 Å². The molecule has 1 aliphatic heterocycles. The number of carboxylic acids is 1. The summed E-state index contributed by atoms with van der Waals surface area (Å²) >= 11 is 0. The van der Waals surface area contributed by atoms with Crippen molar-refractivity contribution in [3.05, 3.63) is 35.4 Å². The molecule has 0 saturated carbocycles. The van der Waals surface area contributed by atoms with Gasteiger partial charge in [-0.05, 0) is 49.0 Å². The standard InChI is InChI=1S/C19H27N3O.C2HF3O2/c1-21-12-16(13-22(2)19(21)23)15-9-10-18(20)17(11-15)14-7-5-3-4-6-8-14;3-2(4,5)1(6)7/h7,9-11,16H,3-6,8,12-13,20H2,1-2H3;(H,6,7). The molecule has 1 aromatic rings. The summed E-state index contributed by atoms with van der Waals surface area (Å²) in [6, 6.07) is 6.52. The fraction of sp³-hybridized carbons (Fsp3) is 0.524. The average molecular weight is 427 g/mol. The number of aliphatic carboxylic acids is 1. The highest BCUT2D eigenvalue weighted by Crippen LogP contribution is 2.33. The van der Waals surface area contributed by atoms with Gasteiger partial charge < -0.3 is 20.6 Å². The minimum atomic E-state index is -5.08. The molecule has 1 aliphatic carbocycles. The van der Waals surface area contributed by atoms with Gasteiger partial charge in [0.15, 0.2) is 0 Å². The molecule has 166 valence electrons. The van der Waals surface area contributed by atoms with Gasteiger partial charge in [-0.1, -0.05) is 18.6 Å². The van der Waals surface area contributed by atoms with Crippen LogP contribution >= 0.6 is 0 Å². The molecule has 3 rings (SSSR count). The van der Waals surface area contributed by atoms with Gasteiger partial charge in [0.05, 0.1) is 0 Å². The van der Waals surface area contributed by atoms with Gasteiger partial charge in [-0.15, -0.1) is 0 Å². The third-order valence-electron chi connectivity index (χ3n) is 5.32. The predicted octanol–water partition coefficient (Wildman–Crippen LogP) is 4.33. The normalized spacial score (nSPS) is 18.3. The number of rotatable bonds is 2. The lowest BCUT2D eigenvalue weighted by Gasteiger charge is -2.36. The van der Waals surface area contributed by atoms with E-state index in [0.717, 1.165) is 31.6 Å². The Hall–Kier alpha value is -2.71. The van der Waals surface area contributed by atoms with E-state index in [1.54, 1.807) is 9.80 Å². The summed E-state index contributed by atoms with van der Waals surface area (Å²) < 4.78 is 31.7. The SMILES string of the molecule is CN1CC(c2ccc(N)c(C3=CCCCCC3)c2)CN(C)C1=O.O=C(O)C(F)(F)F. The molecule has 30 heavy (non-hydrogen) atoms. The van der Waals surface area contributed by atoms with Crippen molar-refractivity contribution in [2.45, 2.75) is 44.2 Å². The quantitative estimate of drug-likeness (QED) is 0.688.